The Labute approximate surface area is 151 Å². The number of methoxy groups -OCH3 is 1. The van der Waals surface area contributed by atoms with Crippen LogP contribution in [0, 0.1) is 0 Å². The molecule has 1 unspecified atom stereocenters. The summed E-state index contributed by atoms with van der Waals surface area (Å²) in [5.41, 5.74) is 0. The molecule has 1 aromatic carbocycles. The smallest absolute Gasteiger partial charge is 0.191 e. The number of aliphatic imine (C=N–C) groups is 1. The van der Waals surface area contributed by atoms with Crippen LogP contribution in [0.15, 0.2) is 29.3 Å². The molecule has 25 heavy (non-hydrogen) atoms. The maximum atomic E-state index is 5.76. The number of nitrogens with one attached hydrogen (secondary N) is 2. The minimum Gasteiger partial charge on any atom is -0.497 e. The van der Waals surface area contributed by atoms with Gasteiger partial charge in [0.1, 0.15) is 18.1 Å². The van der Waals surface area contributed by atoms with E-state index in [1.54, 1.807) is 7.11 Å². The Morgan fingerprint density at radius 1 is 1.28 bits per heavy atom. The molecule has 0 radical (unpaired) electrons. The molecule has 1 fully saturated rings. The van der Waals surface area contributed by atoms with E-state index in [2.05, 4.69) is 29.4 Å². The minimum absolute atomic E-state index is 0.572. The van der Waals surface area contributed by atoms with Crippen LogP contribution in [-0.4, -0.2) is 63.3 Å². The van der Waals surface area contributed by atoms with Crippen LogP contribution >= 0.6 is 0 Å². The Bertz CT molecular complexity index is 536. The first-order valence-corrected chi connectivity index (χ1v) is 9.29. The Balaban J connectivity index is 1.75. The summed E-state index contributed by atoms with van der Waals surface area (Å²) in [4.78, 5) is 7.26. The summed E-state index contributed by atoms with van der Waals surface area (Å²) in [6, 6.07) is 8.23. The molecule has 0 bridgehead atoms. The number of guanidine groups is 1. The molecule has 1 atom stereocenters. The molecule has 6 heteroatoms. The van der Waals surface area contributed by atoms with Crippen molar-refractivity contribution in [3.8, 4) is 11.5 Å². The van der Waals surface area contributed by atoms with Gasteiger partial charge in [0.15, 0.2) is 5.96 Å². The van der Waals surface area contributed by atoms with Crippen molar-refractivity contribution in [3.63, 3.8) is 0 Å². The minimum atomic E-state index is 0.572. The van der Waals surface area contributed by atoms with Crippen LogP contribution in [-0.2, 0) is 0 Å². The molecule has 1 saturated heterocycles. The van der Waals surface area contributed by atoms with Crippen molar-refractivity contribution in [1.82, 2.24) is 15.5 Å². The second-order valence-electron chi connectivity index (χ2n) is 6.10. The number of ether oxygens (including phenoxy) is 2. The molecule has 0 saturated carbocycles. The van der Waals surface area contributed by atoms with E-state index in [9.17, 15) is 0 Å². The highest BCUT2D eigenvalue weighted by Crippen LogP contribution is 2.18. The lowest BCUT2D eigenvalue weighted by molar-refractivity contribution is 0.273. The molecule has 1 aromatic rings. The summed E-state index contributed by atoms with van der Waals surface area (Å²) in [6.45, 7) is 9.59. The van der Waals surface area contributed by atoms with Gasteiger partial charge in [0.2, 0.25) is 0 Å². The molecule has 0 aliphatic carbocycles. The number of rotatable bonds is 9. The van der Waals surface area contributed by atoms with Crippen LogP contribution in [0.3, 0.4) is 0 Å². The molecule has 0 spiro atoms. The molecule has 2 rings (SSSR count). The van der Waals surface area contributed by atoms with E-state index in [0.29, 0.717) is 19.2 Å². The molecule has 6 nitrogen and oxygen atoms in total. The lowest BCUT2D eigenvalue weighted by atomic mass is 10.2. The van der Waals surface area contributed by atoms with Gasteiger partial charge in [-0.1, -0.05) is 13.0 Å². The van der Waals surface area contributed by atoms with Gasteiger partial charge in [-0.05, 0) is 45.0 Å². The zero-order chi connectivity index (χ0) is 17.9. The van der Waals surface area contributed by atoms with Crippen LogP contribution < -0.4 is 20.1 Å². The summed E-state index contributed by atoms with van der Waals surface area (Å²) in [5, 5.41) is 6.64. The molecule has 140 valence electrons. The van der Waals surface area contributed by atoms with Crippen LogP contribution in [0.1, 0.15) is 26.7 Å². The van der Waals surface area contributed by atoms with E-state index in [0.717, 1.165) is 37.1 Å². The lowest BCUT2D eigenvalue weighted by Crippen LogP contribution is -2.40. The SMILES string of the molecule is CCNC(=NCC1CCCN1CC)NCCOc1cccc(OC)c1. The highest BCUT2D eigenvalue weighted by atomic mass is 16.5. The van der Waals surface area contributed by atoms with Gasteiger partial charge in [-0.3, -0.25) is 9.89 Å². The third-order valence-electron chi connectivity index (χ3n) is 4.41. The number of nitrogens with zero attached hydrogens (tertiary/aromatic N) is 2. The van der Waals surface area contributed by atoms with Gasteiger partial charge < -0.3 is 20.1 Å². The van der Waals surface area contributed by atoms with Crippen LogP contribution in [0.4, 0.5) is 0 Å². The van der Waals surface area contributed by atoms with Gasteiger partial charge in [-0.15, -0.1) is 0 Å². The normalized spacial score (nSPS) is 18.2. The largest absolute Gasteiger partial charge is 0.497 e. The number of hydrogen-bond donors (Lipinski definition) is 2. The van der Waals surface area contributed by atoms with Crippen molar-refractivity contribution in [3.05, 3.63) is 24.3 Å². The van der Waals surface area contributed by atoms with Gasteiger partial charge in [0, 0.05) is 18.7 Å². The van der Waals surface area contributed by atoms with Crippen molar-refractivity contribution in [2.75, 3.05) is 46.4 Å². The van der Waals surface area contributed by atoms with Crippen molar-refractivity contribution < 1.29 is 9.47 Å². The molecule has 1 heterocycles. The molecule has 0 amide bonds. The predicted octanol–water partition coefficient (Wildman–Crippen LogP) is 2.11. The maximum absolute atomic E-state index is 5.76. The first-order chi connectivity index (χ1) is 12.3. The third-order valence-corrected chi connectivity index (χ3v) is 4.41. The van der Waals surface area contributed by atoms with Crippen LogP contribution in [0.5, 0.6) is 11.5 Å². The van der Waals surface area contributed by atoms with Gasteiger partial charge in [-0.2, -0.15) is 0 Å². The Kier molecular flexibility index (Phi) is 8.39. The van der Waals surface area contributed by atoms with E-state index < -0.39 is 0 Å². The van der Waals surface area contributed by atoms with Crippen molar-refractivity contribution in [2.45, 2.75) is 32.7 Å². The molecule has 0 aromatic heterocycles. The van der Waals surface area contributed by atoms with Gasteiger partial charge in [0.05, 0.1) is 20.2 Å². The number of likely N-dealkylation sites (N-methyl/N-ethyl adjacent to an activating group) is 1. The fraction of sp³-hybridized carbons (Fsp3) is 0.632. The van der Waals surface area contributed by atoms with Gasteiger partial charge >= 0.3 is 0 Å². The van der Waals surface area contributed by atoms with Crippen molar-refractivity contribution in [2.24, 2.45) is 4.99 Å². The molecular formula is C19H32N4O2. The standard InChI is InChI=1S/C19H32N4O2/c1-4-20-19(22-15-16-8-7-12-23(16)5-2)21-11-13-25-18-10-6-9-17(14-18)24-3/h6,9-10,14,16H,4-5,7-8,11-13,15H2,1-3H3,(H2,20,21,22). The summed E-state index contributed by atoms with van der Waals surface area (Å²) in [5.74, 6) is 2.48. The van der Waals surface area contributed by atoms with E-state index in [-0.39, 0.29) is 0 Å². The third kappa shape index (κ3) is 6.46. The van der Waals surface area contributed by atoms with Crippen LogP contribution in [0.2, 0.25) is 0 Å². The number of benzene rings is 1. The molecule has 1 aliphatic rings. The zero-order valence-electron chi connectivity index (χ0n) is 15.8. The topological polar surface area (TPSA) is 58.1 Å². The average Bonchev–Trinajstić information content (AvgIpc) is 3.11. The maximum Gasteiger partial charge on any atom is 0.191 e. The second-order valence-corrected chi connectivity index (χ2v) is 6.10. The van der Waals surface area contributed by atoms with Crippen LogP contribution in [0.25, 0.3) is 0 Å². The van der Waals surface area contributed by atoms with E-state index >= 15 is 0 Å². The Morgan fingerprint density at radius 3 is 2.88 bits per heavy atom. The van der Waals surface area contributed by atoms with Crippen molar-refractivity contribution >= 4 is 5.96 Å². The Hall–Kier alpha value is -1.95. The van der Waals surface area contributed by atoms with E-state index in [4.69, 9.17) is 14.5 Å². The van der Waals surface area contributed by atoms with Gasteiger partial charge in [-0.25, -0.2) is 0 Å². The molecule has 2 N–H and O–H groups in total. The first kappa shape index (κ1) is 19.4. The lowest BCUT2D eigenvalue weighted by Gasteiger charge is -2.21. The average molecular weight is 348 g/mol. The monoisotopic (exact) mass is 348 g/mol. The summed E-state index contributed by atoms with van der Waals surface area (Å²) < 4.78 is 11.0. The highest BCUT2D eigenvalue weighted by Gasteiger charge is 2.22. The number of likely N-dealkylation sites (tertiary alicyclic amines) is 1. The summed E-state index contributed by atoms with van der Waals surface area (Å²) >= 11 is 0. The summed E-state index contributed by atoms with van der Waals surface area (Å²) in [6.07, 6.45) is 2.53. The quantitative estimate of drug-likeness (QED) is 0.407. The molecule has 1 aliphatic heterocycles. The fourth-order valence-electron chi connectivity index (χ4n) is 3.09. The van der Waals surface area contributed by atoms with Crippen molar-refractivity contribution in [1.29, 1.82) is 0 Å². The predicted molar refractivity (Wildman–Crippen MR) is 103 cm³/mol. The fourth-order valence-corrected chi connectivity index (χ4v) is 3.09. The Morgan fingerprint density at radius 2 is 2.12 bits per heavy atom. The molecular weight excluding hydrogens is 316 g/mol. The zero-order valence-corrected chi connectivity index (χ0v) is 15.8. The van der Waals surface area contributed by atoms with Gasteiger partial charge in [0.25, 0.3) is 0 Å². The number of hydrogen-bond acceptors (Lipinski definition) is 4. The summed E-state index contributed by atoms with van der Waals surface area (Å²) in [7, 11) is 1.66. The second kappa shape index (κ2) is 10.8. The highest BCUT2D eigenvalue weighted by molar-refractivity contribution is 5.79. The van der Waals surface area contributed by atoms with E-state index in [1.807, 2.05) is 24.3 Å². The van der Waals surface area contributed by atoms with E-state index in [1.165, 1.54) is 19.4 Å². The first-order valence-electron chi connectivity index (χ1n) is 9.29.